The normalized spacial score (nSPS) is 29.5. The zero-order chi connectivity index (χ0) is 27.6. The van der Waals surface area contributed by atoms with Gasteiger partial charge in [0.2, 0.25) is 0 Å². The fraction of sp³-hybridized carbons (Fsp3) is 0.571. The molecule has 0 aliphatic heterocycles. The van der Waals surface area contributed by atoms with Crippen molar-refractivity contribution >= 4 is 52.5 Å². The maximum absolute atomic E-state index is 14.0. The number of halogens is 3. The fourth-order valence-electron chi connectivity index (χ4n) is 6.69. The Morgan fingerprint density at radius 3 is 2.18 bits per heavy atom. The smallest absolute Gasteiger partial charge is 0.309 e. The van der Waals surface area contributed by atoms with Gasteiger partial charge < -0.3 is 10.0 Å². The van der Waals surface area contributed by atoms with Crippen LogP contribution in [-0.2, 0) is 4.79 Å². The van der Waals surface area contributed by atoms with Crippen molar-refractivity contribution in [3.63, 3.8) is 0 Å². The highest BCUT2D eigenvalue weighted by Crippen LogP contribution is 2.67. The largest absolute Gasteiger partial charge is 0.481 e. The zero-order valence-corrected chi connectivity index (χ0v) is 24.0. The highest BCUT2D eigenvalue weighted by Gasteiger charge is 2.63. The topological polar surface area (TPSA) is 92.5 Å². The molecule has 3 aliphatic rings. The SMILES string of the molecule is CC1(C(=O)O)CCC(n2ncc(C(=O)N(CC(=O)c3c(Cl)cccc3Cl)C3C[C@@H]4[C@H](C3)C4(C)C)c2Cl)CC1. The van der Waals surface area contributed by atoms with Crippen molar-refractivity contribution in [1.82, 2.24) is 14.7 Å². The lowest BCUT2D eigenvalue weighted by molar-refractivity contribution is -0.150. The van der Waals surface area contributed by atoms with Gasteiger partial charge in [0, 0.05) is 6.04 Å². The molecular formula is C28H32Cl3N3O4. The van der Waals surface area contributed by atoms with Crippen LogP contribution in [0.2, 0.25) is 15.2 Å². The summed E-state index contributed by atoms with van der Waals surface area (Å²) in [4.78, 5) is 40.6. The van der Waals surface area contributed by atoms with Gasteiger partial charge in [0.1, 0.15) is 5.15 Å². The van der Waals surface area contributed by atoms with Crippen molar-refractivity contribution in [1.29, 1.82) is 0 Å². The summed E-state index contributed by atoms with van der Waals surface area (Å²) >= 11 is 19.3. The Morgan fingerprint density at radius 2 is 1.63 bits per heavy atom. The standard InChI is InChI=1S/C28H32Cl3N3O4/c1-27(2)18-11-16(12-19(18)27)33(14-22(35)23-20(29)5-4-6-21(23)30)25(36)17-13-32-34(24(17)31)15-7-9-28(3,10-8-15)26(37)38/h4-6,13,15-16,18-19H,7-12,14H2,1-3H3,(H,37,38)/t15?,16?,18-,19+,28?. The number of amides is 1. The van der Waals surface area contributed by atoms with Crippen molar-refractivity contribution < 1.29 is 19.5 Å². The Morgan fingerprint density at radius 1 is 1.05 bits per heavy atom. The van der Waals surface area contributed by atoms with E-state index in [-0.39, 0.29) is 62.1 Å². The minimum atomic E-state index is -0.796. The van der Waals surface area contributed by atoms with Crippen molar-refractivity contribution in [2.75, 3.05) is 6.54 Å². The van der Waals surface area contributed by atoms with Crippen LogP contribution in [-0.4, -0.2) is 50.0 Å². The molecule has 1 unspecified atom stereocenters. The second-order valence-corrected chi connectivity index (χ2v) is 13.2. The Hall–Kier alpha value is -2.09. The molecule has 1 aromatic heterocycles. The van der Waals surface area contributed by atoms with E-state index in [2.05, 4.69) is 18.9 Å². The number of carbonyl (C=O) groups excluding carboxylic acids is 2. The first kappa shape index (κ1) is 27.5. The van der Waals surface area contributed by atoms with E-state index in [1.165, 1.54) is 6.20 Å². The molecule has 3 fully saturated rings. The molecule has 7 nitrogen and oxygen atoms in total. The van der Waals surface area contributed by atoms with Crippen LogP contribution in [0.3, 0.4) is 0 Å². The van der Waals surface area contributed by atoms with Gasteiger partial charge in [-0.05, 0) is 74.8 Å². The van der Waals surface area contributed by atoms with Crippen LogP contribution in [0.4, 0.5) is 0 Å². The summed E-state index contributed by atoms with van der Waals surface area (Å²) in [5.74, 6) is -0.419. The number of benzene rings is 1. The number of carbonyl (C=O) groups is 3. The van der Waals surface area contributed by atoms with Crippen molar-refractivity contribution in [2.24, 2.45) is 22.7 Å². The van der Waals surface area contributed by atoms with E-state index in [4.69, 9.17) is 34.8 Å². The third kappa shape index (κ3) is 4.65. The average Bonchev–Trinajstić information content (AvgIpc) is 3.24. The molecule has 3 atom stereocenters. The maximum atomic E-state index is 14.0. The van der Waals surface area contributed by atoms with Crippen LogP contribution in [0.15, 0.2) is 24.4 Å². The summed E-state index contributed by atoms with van der Waals surface area (Å²) in [5.41, 5.74) is -0.0446. The highest BCUT2D eigenvalue weighted by molar-refractivity contribution is 6.40. The molecule has 204 valence electrons. The number of nitrogens with zero attached hydrogens (tertiary/aromatic N) is 3. The monoisotopic (exact) mass is 579 g/mol. The van der Waals surface area contributed by atoms with Gasteiger partial charge in [-0.3, -0.25) is 19.1 Å². The second kappa shape index (κ2) is 9.83. The van der Waals surface area contributed by atoms with E-state index < -0.39 is 11.4 Å². The van der Waals surface area contributed by atoms with Gasteiger partial charge in [0.15, 0.2) is 5.78 Å². The molecule has 1 heterocycles. The predicted octanol–water partition coefficient (Wildman–Crippen LogP) is 6.81. The molecule has 10 heteroatoms. The Kier molecular flexibility index (Phi) is 7.11. The van der Waals surface area contributed by atoms with Gasteiger partial charge >= 0.3 is 5.97 Å². The number of hydrogen-bond donors (Lipinski definition) is 1. The number of fused-ring (bicyclic) bond motifs is 1. The summed E-state index contributed by atoms with van der Waals surface area (Å²) in [7, 11) is 0. The van der Waals surface area contributed by atoms with Crippen LogP contribution >= 0.6 is 34.8 Å². The molecule has 0 radical (unpaired) electrons. The average molecular weight is 581 g/mol. The minimum Gasteiger partial charge on any atom is -0.481 e. The van der Waals surface area contributed by atoms with E-state index in [1.54, 1.807) is 34.7 Å². The molecule has 1 N–H and O–H groups in total. The molecule has 3 aliphatic carbocycles. The van der Waals surface area contributed by atoms with Crippen molar-refractivity contribution in [3.05, 3.63) is 50.7 Å². The van der Waals surface area contributed by atoms with Crippen molar-refractivity contribution in [2.45, 2.75) is 71.4 Å². The Bertz CT molecular complexity index is 1260. The van der Waals surface area contributed by atoms with E-state index in [9.17, 15) is 19.5 Å². The van der Waals surface area contributed by atoms with E-state index in [1.807, 2.05) is 0 Å². The summed E-state index contributed by atoms with van der Waals surface area (Å²) in [6, 6.07) is 4.71. The lowest BCUT2D eigenvalue weighted by Gasteiger charge is -2.34. The van der Waals surface area contributed by atoms with Crippen LogP contribution in [0.25, 0.3) is 0 Å². The summed E-state index contributed by atoms with van der Waals surface area (Å²) in [5, 5.41) is 14.7. The molecule has 5 rings (SSSR count). The summed E-state index contributed by atoms with van der Waals surface area (Å²) in [6.07, 6.45) is 5.34. The number of carboxylic acids is 1. The Labute approximate surface area is 237 Å². The third-order valence-corrected chi connectivity index (χ3v) is 10.5. The first-order chi connectivity index (χ1) is 17.8. The zero-order valence-electron chi connectivity index (χ0n) is 21.7. The van der Waals surface area contributed by atoms with Gasteiger partial charge in [-0.1, -0.05) is 54.7 Å². The fourth-order valence-corrected chi connectivity index (χ4v) is 7.61. The molecule has 38 heavy (non-hydrogen) atoms. The predicted molar refractivity (Wildman–Crippen MR) is 146 cm³/mol. The first-order valence-electron chi connectivity index (χ1n) is 13.1. The number of hydrogen-bond acceptors (Lipinski definition) is 4. The molecule has 3 saturated carbocycles. The molecule has 2 aromatic rings. The van der Waals surface area contributed by atoms with Gasteiger partial charge in [-0.15, -0.1) is 0 Å². The number of rotatable bonds is 7. The second-order valence-electron chi connectivity index (χ2n) is 12.0. The van der Waals surface area contributed by atoms with E-state index >= 15 is 0 Å². The van der Waals surface area contributed by atoms with Crippen LogP contribution in [0, 0.1) is 22.7 Å². The highest BCUT2D eigenvalue weighted by atomic mass is 35.5. The maximum Gasteiger partial charge on any atom is 0.309 e. The van der Waals surface area contributed by atoms with E-state index in [0.717, 1.165) is 12.8 Å². The third-order valence-electron chi connectivity index (χ3n) is 9.48. The number of carboxylic acid groups (broad SMARTS) is 1. The first-order valence-corrected chi connectivity index (χ1v) is 14.2. The van der Waals surface area contributed by atoms with Crippen molar-refractivity contribution in [3.8, 4) is 0 Å². The van der Waals surface area contributed by atoms with Gasteiger partial charge in [0.05, 0.1) is 45.4 Å². The molecule has 1 aromatic carbocycles. The van der Waals surface area contributed by atoms with Crippen LogP contribution < -0.4 is 0 Å². The van der Waals surface area contributed by atoms with Gasteiger partial charge in [0.25, 0.3) is 5.91 Å². The number of aliphatic carboxylic acids is 1. The number of aromatic nitrogens is 2. The van der Waals surface area contributed by atoms with Gasteiger partial charge in [-0.25, -0.2) is 0 Å². The van der Waals surface area contributed by atoms with Crippen LogP contribution in [0.5, 0.6) is 0 Å². The Balaban J connectivity index is 1.39. The van der Waals surface area contributed by atoms with Gasteiger partial charge in [-0.2, -0.15) is 5.10 Å². The lowest BCUT2D eigenvalue weighted by atomic mass is 9.74. The molecule has 0 spiro atoms. The number of Topliss-reactive ketones (excluding diaryl/α,β-unsaturated/α-hetero) is 1. The molecular weight excluding hydrogens is 549 g/mol. The summed E-state index contributed by atoms with van der Waals surface area (Å²) in [6.45, 7) is 6.10. The van der Waals surface area contributed by atoms with Crippen LogP contribution in [0.1, 0.15) is 86.1 Å². The summed E-state index contributed by atoms with van der Waals surface area (Å²) < 4.78 is 1.64. The molecule has 0 saturated heterocycles. The molecule has 1 amide bonds. The van der Waals surface area contributed by atoms with E-state index in [0.29, 0.717) is 37.5 Å². The number of ketones is 1. The molecule has 0 bridgehead atoms. The minimum absolute atomic E-state index is 0.0894. The lowest BCUT2D eigenvalue weighted by Crippen LogP contribution is -2.43. The quantitative estimate of drug-likeness (QED) is 0.363.